The smallest absolute Gasteiger partial charge is 0.294 e. The summed E-state index contributed by atoms with van der Waals surface area (Å²) in [5, 5.41) is 2.19. The number of hydrogen-bond donors (Lipinski definition) is 1. The Morgan fingerprint density at radius 1 is 1.10 bits per heavy atom. The molecule has 150 valence electrons. The highest BCUT2D eigenvalue weighted by Crippen LogP contribution is 2.35. The number of hydrogen-bond acceptors (Lipinski definition) is 6. The molecular formula is C21H20N2O5S. The van der Waals surface area contributed by atoms with E-state index in [-0.39, 0.29) is 11.4 Å². The van der Waals surface area contributed by atoms with Gasteiger partial charge >= 0.3 is 0 Å². The first-order chi connectivity index (χ1) is 13.9. The van der Waals surface area contributed by atoms with E-state index >= 15 is 0 Å². The topological polar surface area (TPSA) is 84.9 Å². The minimum atomic E-state index is -0.524. The molecule has 1 saturated heterocycles. The molecule has 7 nitrogen and oxygen atoms in total. The van der Waals surface area contributed by atoms with E-state index in [9.17, 15) is 14.4 Å². The fraction of sp³-hybridized carbons (Fsp3) is 0.190. The molecule has 29 heavy (non-hydrogen) atoms. The number of anilines is 1. The van der Waals surface area contributed by atoms with E-state index in [1.165, 1.54) is 14.2 Å². The number of carbonyl (C=O) groups is 3. The number of thioether (sulfide) groups is 1. The van der Waals surface area contributed by atoms with E-state index in [0.29, 0.717) is 22.7 Å². The van der Waals surface area contributed by atoms with Crippen molar-refractivity contribution < 1.29 is 23.9 Å². The Bertz CT molecular complexity index is 985. The van der Waals surface area contributed by atoms with Crippen LogP contribution in [0.4, 0.5) is 10.5 Å². The van der Waals surface area contributed by atoms with Gasteiger partial charge in [-0.1, -0.05) is 17.7 Å². The summed E-state index contributed by atoms with van der Waals surface area (Å²) in [5.41, 5.74) is 2.26. The maximum atomic E-state index is 12.7. The molecule has 2 aromatic rings. The molecule has 0 saturated carbocycles. The molecule has 0 atom stereocenters. The minimum Gasteiger partial charge on any atom is -0.497 e. The van der Waals surface area contributed by atoms with Crippen LogP contribution in [0.25, 0.3) is 6.08 Å². The lowest BCUT2D eigenvalue weighted by Gasteiger charge is -2.12. The lowest BCUT2D eigenvalue weighted by Crippen LogP contribution is -2.36. The van der Waals surface area contributed by atoms with Gasteiger partial charge in [0.05, 0.1) is 19.1 Å². The van der Waals surface area contributed by atoms with Crippen molar-refractivity contribution in [2.75, 3.05) is 26.1 Å². The van der Waals surface area contributed by atoms with Crippen molar-refractivity contribution in [1.29, 1.82) is 0 Å². The number of imide groups is 1. The second-order valence-electron chi connectivity index (χ2n) is 6.29. The molecule has 1 N–H and O–H groups in total. The molecule has 1 aliphatic rings. The summed E-state index contributed by atoms with van der Waals surface area (Å²) < 4.78 is 10.5. The third-order valence-corrected chi connectivity index (χ3v) is 5.14. The first-order valence-corrected chi connectivity index (χ1v) is 9.57. The van der Waals surface area contributed by atoms with Gasteiger partial charge in [-0.3, -0.25) is 19.3 Å². The quantitative estimate of drug-likeness (QED) is 0.729. The summed E-state index contributed by atoms with van der Waals surface area (Å²) in [6.07, 6.45) is 1.56. The predicted molar refractivity (Wildman–Crippen MR) is 112 cm³/mol. The molecule has 1 heterocycles. The van der Waals surface area contributed by atoms with Crippen LogP contribution in [0, 0.1) is 6.92 Å². The SMILES string of the molecule is COc1ccc(OC)c(/C=C2\SC(=O)N(CC(=O)Nc3ccc(C)cc3)C2=O)c1. The average molecular weight is 412 g/mol. The molecule has 3 rings (SSSR count). The van der Waals surface area contributed by atoms with Gasteiger partial charge in [-0.05, 0) is 55.1 Å². The van der Waals surface area contributed by atoms with Gasteiger partial charge in [-0.25, -0.2) is 0 Å². The highest BCUT2D eigenvalue weighted by Gasteiger charge is 2.36. The van der Waals surface area contributed by atoms with Crippen LogP contribution in [0.5, 0.6) is 11.5 Å². The van der Waals surface area contributed by atoms with Gasteiger partial charge in [0.1, 0.15) is 18.0 Å². The number of ether oxygens (including phenoxy) is 2. The van der Waals surface area contributed by atoms with Crippen LogP contribution in [0.2, 0.25) is 0 Å². The van der Waals surface area contributed by atoms with Crippen molar-refractivity contribution >= 4 is 40.6 Å². The van der Waals surface area contributed by atoms with Crippen molar-refractivity contribution in [2.45, 2.75) is 6.92 Å². The molecular weight excluding hydrogens is 392 g/mol. The Morgan fingerprint density at radius 3 is 2.48 bits per heavy atom. The fourth-order valence-corrected chi connectivity index (χ4v) is 3.54. The van der Waals surface area contributed by atoms with Crippen molar-refractivity contribution in [2.24, 2.45) is 0 Å². The molecule has 0 bridgehead atoms. The van der Waals surface area contributed by atoms with E-state index in [4.69, 9.17) is 9.47 Å². The van der Waals surface area contributed by atoms with Crippen LogP contribution < -0.4 is 14.8 Å². The Labute approximate surface area is 172 Å². The molecule has 0 radical (unpaired) electrons. The van der Waals surface area contributed by atoms with Crippen molar-refractivity contribution in [3.63, 3.8) is 0 Å². The van der Waals surface area contributed by atoms with Gasteiger partial charge in [0.15, 0.2) is 0 Å². The zero-order chi connectivity index (χ0) is 21.0. The minimum absolute atomic E-state index is 0.213. The zero-order valence-corrected chi connectivity index (χ0v) is 17.0. The van der Waals surface area contributed by atoms with Gasteiger partial charge < -0.3 is 14.8 Å². The van der Waals surface area contributed by atoms with E-state index in [2.05, 4.69) is 5.32 Å². The standard InChI is InChI=1S/C21H20N2O5S/c1-13-4-6-15(7-5-13)22-19(24)12-23-20(25)18(29-21(23)26)11-14-10-16(27-2)8-9-17(14)28-3/h4-11H,12H2,1-3H3,(H,22,24)/b18-11-. The molecule has 0 spiro atoms. The first-order valence-electron chi connectivity index (χ1n) is 8.75. The number of methoxy groups -OCH3 is 2. The molecule has 0 aliphatic carbocycles. The third kappa shape index (κ3) is 4.78. The van der Waals surface area contributed by atoms with Gasteiger partial charge in [0.2, 0.25) is 5.91 Å². The van der Waals surface area contributed by atoms with Crippen LogP contribution in [0.3, 0.4) is 0 Å². The summed E-state index contributed by atoms with van der Waals surface area (Å²) in [6.45, 7) is 1.58. The van der Waals surface area contributed by atoms with Gasteiger partial charge in [0.25, 0.3) is 11.1 Å². The Hall–Kier alpha value is -3.26. The summed E-state index contributed by atoms with van der Waals surface area (Å²) >= 11 is 0.782. The largest absolute Gasteiger partial charge is 0.497 e. The van der Waals surface area contributed by atoms with Crippen molar-refractivity contribution in [3.05, 3.63) is 58.5 Å². The summed E-state index contributed by atoms with van der Waals surface area (Å²) in [4.78, 5) is 38.4. The van der Waals surface area contributed by atoms with Crippen LogP contribution in [-0.4, -0.2) is 42.7 Å². The lowest BCUT2D eigenvalue weighted by atomic mass is 10.1. The average Bonchev–Trinajstić information content (AvgIpc) is 2.97. The van der Waals surface area contributed by atoms with Crippen LogP contribution >= 0.6 is 11.8 Å². The summed E-state index contributed by atoms with van der Waals surface area (Å²) in [6, 6.07) is 12.4. The summed E-state index contributed by atoms with van der Waals surface area (Å²) in [5.74, 6) is 0.156. The number of nitrogens with zero attached hydrogens (tertiary/aromatic N) is 1. The molecule has 1 fully saturated rings. The number of nitrogens with one attached hydrogen (secondary N) is 1. The molecule has 0 unspecified atom stereocenters. The molecule has 3 amide bonds. The van der Waals surface area contributed by atoms with Crippen molar-refractivity contribution in [1.82, 2.24) is 4.90 Å². The second-order valence-corrected chi connectivity index (χ2v) is 7.28. The molecule has 1 aliphatic heterocycles. The Balaban J connectivity index is 1.75. The van der Waals surface area contributed by atoms with Gasteiger partial charge in [-0.2, -0.15) is 0 Å². The van der Waals surface area contributed by atoms with Crippen LogP contribution in [0.1, 0.15) is 11.1 Å². The number of carbonyl (C=O) groups excluding carboxylic acids is 3. The second kappa shape index (κ2) is 8.83. The molecule has 8 heteroatoms. The van der Waals surface area contributed by atoms with Gasteiger partial charge in [0, 0.05) is 11.3 Å². The normalized spacial score (nSPS) is 15.0. The first kappa shape index (κ1) is 20.5. The maximum absolute atomic E-state index is 12.7. The Kier molecular flexibility index (Phi) is 6.23. The number of aryl methyl sites for hydroxylation is 1. The molecule has 0 aromatic heterocycles. The van der Waals surface area contributed by atoms with Crippen LogP contribution in [-0.2, 0) is 9.59 Å². The number of benzene rings is 2. The van der Waals surface area contributed by atoms with Crippen molar-refractivity contribution in [3.8, 4) is 11.5 Å². The highest BCUT2D eigenvalue weighted by molar-refractivity contribution is 8.18. The fourth-order valence-electron chi connectivity index (χ4n) is 2.71. The van der Waals surface area contributed by atoms with E-state index in [1.54, 1.807) is 36.4 Å². The third-order valence-electron chi connectivity index (χ3n) is 4.23. The zero-order valence-electron chi connectivity index (χ0n) is 16.2. The lowest BCUT2D eigenvalue weighted by molar-refractivity contribution is -0.127. The monoisotopic (exact) mass is 412 g/mol. The van der Waals surface area contributed by atoms with Crippen LogP contribution in [0.15, 0.2) is 47.4 Å². The number of amides is 3. The predicted octanol–water partition coefficient (Wildman–Crippen LogP) is 3.69. The van der Waals surface area contributed by atoms with E-state index < -0.39 is 17.1 Å². The Morgan fingerprint density at radius 2 is 1.83 bits per heavy atom. The molecule has 2 aromatic carbocycles. The van der Waals surface area contributed by atoms with E-state index in [1.807, 2.05) is 19.1 Å². The maximum Gasteiger partial charge on any atom is 0.294 e. The van der Waals surface area contributed by atoms with E-state index in [0.717, 1.165) is 22.2 Å². The van der Waals surface area contributed by atoms with Gasteiger partial charge in [-0.15, -0.1) is 0 Å². The summed E-state index contributed by atoms with van der Waals surface area (Å²) in [7, 11) is 3.05. The highest BCUT2D eigenvalue weighted by atomic mass is 32.2. The number of rotatable bonds is 6.